The van der Waals surface area contributed by atoms with Gasteiger partial charge in [0.1, 0.15) is 0 Å². The molecule has 13 heavy (non-hydrogen) atoms. The summed E-state index contributed by atoms with van der Waals surface area (Å²) < 4.78 is 4.52. The molecule has 0 radical (unpaired) electrons. The molecular formula is C9H9N2O2+. The largest absolute Gasteiger partial charge is 0.465 e. The van der Waals surface area contributed by atoms with Gasteiger partial charge in [0.2, 0.25) is 5.39 Å². The summed E-state index contributed by atoms with van der Waals surface area (Å²) in [6, 6.07) is 5.01. The number of hydrogen-bond acceptors (Lipinski definition) is 3. The number of carbonyl (C=O) groups excluding carboxylic acids is 1. The number of aryl methyl sites for hydroxylation is 1. The Kier molecular flexibility index (Phi) is 2.60. The molecule has 0 N–H and O–H groups in total. The van der Waals surface area contributed by atoms with E-state index in [1.54, 1.807) is 25.1 Å². The smallest absolute Gasteiger partial charge is 0.402 e. The van der Waals surface area contributed by atoms with Crippen LogP contribution in [0.1, 0.15) is 15.9 Å². The predicted octanol–water partition coefficient (Wildman–Crippen LogP) is 2.27. The van der Waals surface area contributed by atoms with Crippen molar-refractivity contribution < 1.29 is 9.53 Å². The van der Waals surface area contributed by atoms with Gasteiger partial charge in [0.05, 0.1) is 7.11 Å². The molecule has 0 amide bonds. The van der Waals surface area contributed by atoms with Gasteiger partial charge in [0.15, 0.2) is 10.5 Å². The fourth-order valence-corrected chi connectivity index (χ4v) is 1.07. The highest BCUT2D eigenvalue weighted by Crippen LogP contribution is 2.24. The second-order valence-corrected chi connectivity index (χ2v) is 2.56. The monoisotopic (exact) mass is 177 g/mol. The molecule has 1 aromatic rings. The summed E-state index contributed by atoms with van der Waals surface area (Å²) >= 11 is 0. The predicted molar refractivity (Wildman–Crippen MR) is 47.3 cm³/mol. The van der Waals surface area contributed by atoms with Crippen LogP contribution in [0.5, 0.6) is 0 Å². The lowest BCUT2D eigenvalue weighted by Gasteiger charge is -1.96. The summed E-state index contributed by atoms with van der Waals surface area (Å²) in [5.74, 6) is -0.503. The first-order valence-electron chi connectivity index (χ1n) is 3.73. The fraction of sp³-hybridized carbons (Fsp3) is 0.222. The number of esters is 1. The topological polar surface area (TPSA) is 54.5 Å². The van der Waals surface area contributed by atoms with Gasteiger partial charge in [0, 0.05) is 5.56 Å². The molecule has 0 bridgehead atoms. The maximum atomic E-state index is 11.2. The van der Waals surface area contributed by atoms with Gasteiger partial charge in [-0.15, -0.1) is 0 Å². The lowest BCUT2D eigenvalue weighted by molar-refractivity contribution is 0.0602. The highest BCUT2D eigenvalue weighted by molar-refractivity contribution is 5.96. The first-order valence-corrected chi connectivity index (χ1v) is 3.73. The zero-order chi connectivity index (χ0) is 9.84. The molecule has 0 aromatic heterocycles. The molecule has 0 spiro atoms. The van der Waals surface area contributed by atoms with Crippen LogP contribution in [0.15, 0.2) is 18.2 Å². The second-order valence-electron chi connectivity index (χ2n) is 2.56. The molecule has 66 valence electrons. The van der Waals surface area contributed by atoms with Crippen LogP contribution in [-0.4, -0.2) is 13.1 Å². The minimum atomic E-state index is -0.503. The average molecular weight is 177 g/mol. The number of nitrogens with zero attached hydrogens (tertiary/aromatic N) is 2. The number of methoxy groups -OCH3 is 1. The Morgan fingerprint density at radius 2 is 2.23 bits per heavy atom. The van der Waals surface area contributed by atoms with Gasteiger partial charge < -0.3 is 4.74 Å². The van der Waals surface area contributed by atoms with E-state index in [0.29, 0.717) is 0 Å². The Hall–Kier alpha value is -1.89. The molecule has 4 nitrogen and oxygen atoms in total. The molecule has 0 atom stereocenters. The summed E-state index contributed by atoms with van der Waals surface area (Å²) in [6.45, 7) is 1.75. The molecule has 1 rings (SSSR count). The van der Waals surface area contributed by atoms with Crippen molar-refractivity contribution >= 4 is 11.7 Å². The van der Waals surface area contributed by atoms with Crippen molar-refractivity contribution in [1.82, 2.24) is 0 Å². The molecule has 1 aromatic carbocycles. The SMILES string of the molecule is COC(=O)c1cccc(C)c1[N+]#N. The molecule has 0 heterocycles. The minimum Gasteiger partial charge on any atom is -0.465 e. The highest BCUT2D eigenvalue weighted by atomic mass is 16.5. The molecule has 0 saturated heterocycles. The highest BCUT2D eigenvalue weighted by Gasteiger charge is 2.22. The summed E-state index contributed by atoms with van der Waals surface area (Å²) in [5, 5.41) is 8.66. The van der Waals surface area contributed by atoms with Gasteiger partial charge in [-0.05, 0) is 13.0 Å². The number of benzene rings is 1. The van der Waals surface area contributed by atoms with Crippen molar-refractivity contribution in [3.63, 3.8) is 0 Å². The van der Waals surface area contributed by atoms with Crippen LogP contribution in [0.4, 0.5) is 5.69 Å². The zero-order valence-electron chi connectivity index (χ0n) is 7.44. The van der Waals surface area contributed by atoms with Gasteiger partial charge in [0.25, 0.3) is 0 Å². The number of ether oxygens (including phenoxy) is 1. The molecular weight excluding hydrogens is 168 g/mol. The quantitative estimate of drug-likeness (QED) is 0.488. The molecule has 0 aliphatic rings. The third-order valence-corrected chi connectivity index (χ3v) is 1.74. The maximum Gasteiger partial charge on any atom is 0.402 e. The number of rotatable bonds is 1. The second kappa shape index (κ2) is 3.68. The Morgan fingerprint density at radius 3 is 2.77 bits per heavy atom. The van der Waals surface area contributed by atoms with Crippen molar-refractivity contribution in [2.75, 3.05) is 7.11 Å². The van der Waals surface area contributed by atoms with E-state index in [9.17, 15) is 4.79 Å². The fourth-order valence-electron chi connectivity index (χ4n) is 1.07. The Morgan fingerprint density at radius 1 is 1.54 bits per heavy atom. The first kappa shape index (κ1) is 9.20. The molecule has 0 saturated carbocycles. The Balaban J connectivity index is 3.30. The molecule has 4 heteroatoms. The molecule has 0 fully saturated rings. The van der Waals surface area contributed by atoms with E-state index in [2.05, 4.69) is 9.71 Å². The molecule has 0 aliphatic carbocycles. The Bertz CT molecular complexity index is 380. The van der Waals surface area contributed by atoms with Gasteiger partial charge in [-0.1, -0.05) is 12.1 Å². The molecule has 0 unspecified atom stereocenters. The third kappa shape index (κ3) is 1.64. The maximum absolute atomic E-state index is 11.2. The first-order chi connectivity index (χ1) is 6.20. The summed E-state index contributed by atoms with van der Waals surface area (Å²) in [4.78, 5) is 14.2. The van der Waals surface area contributed by atoms with Gasteiger partial charge in [-0.2, -0.15) is 0 Å². The van der Waals surface area contributed by atoms with E-state index in [1.807, 2.05) is 0 Å². The van der Waals surface area contributed by atoms with E-state index in [1.165, 1.54) is 7.11 Å². The van der Waals surface area contributed by atoms with Gasteiger partial charge >= 0.3 is 11.7 Å². The number of carbonyl (C=O) groups is 1. The summed E-state index contributed by atoms with van der Waals surface area (Å²) in [6.07, 6.45) is 0. The zero-order valence-corrected chi connectivity index (χ0v) is 7.44. The van der Waals surface area contributed by atoms with Gasteiger partial charge in [-0.25, -0.2) is 4.79 Å². The van der Waals surface area contributed by atoms with Crippen LogP contribution in [0.3, 0.4) is 0 Å². The van der Waals surface area contributed by atoms with Crippen molar-refractivity contribution in [1.29, 1.82) is 5.39 Å². The van der Waals surface area contributed by atoms with Crippen molar-refractivity contribution in [3.05, 3.63) is 34.3 Å². The normalized spacial score (nSPS) is 9.00. The lowest BCUT2D eigenvalue weighted by Crippen LogP contribution is -2.01. The molecule has 0 aliphatic heterocycles. The third-order valence-electron chi connectivity index (χ3n) is 1.74. The average Bonchev–Trinajstić information content (AvgIpc) is 2.16. The van der Waals surface area contributed by atoms with E-state index < -0.39 is 5.97 Å². The van der Waals surface area contributed by atoms with E-state index in [0.717, 1.165) is 5.56 Å². The number of diazo groups is 1. The van der Waals surface area contributed by atoms with Crippen molar-refractivity contribution in [3.8, 4) is 0 Å². The standard InChI is InChI=1S/C9H9N2O2/c1-6-4-3-5-7(8(6)11-10)9(12)13-2/h3-5H,1-2H3/q+1. The van der Waals surface area contributed by atoms with Crippen LogP contribution in [0.25, 0.3) is 4.98 Å². The van der Waals surface area contributed by atoms with Crippen LogP contribution in [0, 0.1) is 12.3 Å². The van der Waals surface area contributed by atoms with Crippen molar-refractivity contribution in [2.45, 2.75) is 6.92 Å². The minimum absolute atomic E-state index is 0.259. The van der Waals surface area contributed by atoms with E-state index >= 15 is 0 Å². The summed E-state index contributed by atoms with van der Waals surface area (Å²) in [5.41, 5.74) is 1.25. The summed E-state index contributed by atoms with van der Waals surface area (Å²) in [7, 11) is 1.28. The lowest BCUT2D eigenvalue weighted by atomic mass is 10.1. The van der Waals surface area contributed by atoms with Crippen molar-refractivity contribution in [2.24, 2.45) is 0 Å². The Labute approximate surface area is 75.8 Å². The van der Waals surface area contributed by atoms with E-state index in [4.69, 9.17) is 5.39 Å². The van der Waals surface area contributed by atoms with Crippen LogP contribution < -0.4 is 0 Å². The van der Waals surface area contributed by atoms with Crippen LogP contribution >= 0.6 is 0 Å². The van der Waals surface area contributed by atoms with Gasteiger partial charge in [-0.3, -0.25) is 0 Å². The van der Waals surface area contributed by atoms with Crippen LogP contribution in [0.2, 0.25) is 0 Å². The number of hydrogen-bond donors (Lipinski definition) is 0. The van der Waals surface area contributed by atoms with E-state index in [-0.39, 0.29) is 11.3 Å². The van der Waals surface area contributed by atoms with Crippen LogP contribution in [-0.2, 0) is 4.74 Å².